The number of halogens is 1. The van der Waals surface area contributed by atoms with E-state index in [2.05, 4.69) is 36.2 Å². The number of ether oxygens (including phenoxy) is 2. The summed E-state index contributed by atoms with van der Waals surface area (Å²) in [6.45, 7) is 8.17. The Hall–Kier alpha value is -2.34. The summed E-state index contributed by atoms with van der Waals surface area (Å²) < 4.78 is 13.0. The van der Waals surface area contributed by atoms with Gasteiger partial charge < -0.3 is 14.0 Å². The zero-order chi connectivity index (χ0) is 24.0. The number of aromatic nitrogens is 2. The van der Waals surface area contributed by atoms with Gasteiger partial charge in [0.2, 0.25) is 0 Å². The van der Waals surface area contributed by atoms with Crippen molar-refractivity contribution in [1.29, 1.82) is 0 Å². The number of aryl methyl sites for hydroxylation is 1. The van der Waals surface area contributed by atoms with Gasteiger partial charge in [0.15, 0.2) is 11.4 Å². The maximum absolute atomic E-state index is 12.2. The van der Waals surface area contributed by atoms with Crippen molar-refractivity contribution in [2.75, 3.05) is 0 Å². The van der Waals surface area contributed by atoms with E-state index >= 15 is 0 Å². The minimum atomic E-state index is -0.603. The van der Waals surface area contributed by atoms with Crippen LogP contribution in [-0.4, -0.2) is 33.7 Å². The summed E-state index contributed by atoms with van der Waals surface area (Å²) in [6.07, 6.45) is 6.77. The molecule has 3 rings (SSSR count). The molecule has 1 aliphatic rings. The molecule has 0 unspecified atom stereocenters. The highest BCUT2D eigenvalue weighted by molar-refractivity contribution is 6.31. The van der Waals surface area contributed by atoms with Crippen molar-refractivity contribution in [3.63, 3.8) is 0 Å². The summed E-state index contributed by atoms with van der Waals surface area (Å²) in [5.74, 6) is 0.986. The Labute approximate surface area is 201 Å². The van der Waals surface area contributed by atoms with Gasteiger partial charge in [-0.25, -0.2) is 9.78 Å². The Balaban J connectivity index is 1.74. The normalized spacial score (nSPS) is 18.7. The zero-order valence-corrected chi connectivity index (χ0v) is 20.9. The number of imidazole rings is 1. The Bertz CT molecular complexity index is 946. The molecule has 7 heteroatoms. The van der Waals surface area contributed by atoms with Gasteiger partial charge in [0.1, 0.15) is 23.2 Å². The Morgan fingerprint density at radius 2 is 1.91 bits per heavy atom. The van der Waals surface area contributed by atoms with Crippen LogP contribution in [0.25, 0.3) is 0 Å². The molecule has 1 saturated carbocycles. The summed E-state index contributed by atoms with van der Waals surface area (Å²) in [4.78, 5) is 28.2. The van der Waals surface area contributed by atoms with Crippen LogP contribution < -0.4 is 0 Å². The summed E-state index contributed by atoms with van der Waals surface area (Å²) in [5.41, 5.74) is 2.06. The maximum atomic E-state index is 12.2. The van der Waals surface area contributed by atoms with Crippen LogP contribution in [0.1, 0.15) is 99.6 Å². The van der Waals surface area contributed by atoms with Crippen molar-refractivity contribution in [1.82, 2.24) is 9.55 Å². The quantitative estimate of drug-likeness (QED) is 0.313. The fourth-order valence-corrected chi connectivity index (χ4v) is 4.61. The van der Waals surface area contributed by atoms with E-state index in [1.807, 2.05) is 25.3 Å². The summed E-state index contributed by atoms with van der Waals surface area (Å²) >= 11 is 6.20. The maximum Gasteiger partial charge on any atom is 0.509 e. The number of aldehydes is 1. The van der Waals surface area contributed by atoms with E-state index < -0.39 is 11.8 Å². The Morgan fingerprint density at radius 1 is 1.21 bits per heavy atom. The molecule has 33 heavy (non-hydrogen) atoms. The second-order valence-corrected chi connectivity index (χ2v) is 10.1. The molecule has 0 saturated heterocycles. The number of benzene rings is 1. The van der Waals surface area contributed by atoms with Gasteiger partial charge in [-0.05, 0) is 57.6 Å². The molecule has 0 radical (unpaired) electrons. The second-order valence-electron chi connectivity index (χ2n) is 9.76. The molecule has 2 aromatic rings. The molecular weight excluding hydrogens is 440 g/mol. The number of carbonyl (C=O) groups is 2. The first kappa shape index (κ1) is 25.3. The molecule has 0 amide bonds. The average Bonchev–Trinajstić information content (AvgIpc) is 3.05. The van der Waals surface area contributed by atoms with Crippen LogP contribution in [0.2, 0.25) is 5.15 Å². The molecular formula is C26H35ClN2O4. The molecule has 180 valence electrons. The van der Waals surface area contributed by atoms with Crippen molar-refractivity contribution < 1.29 is 19.1 Å². The smallest absolute Gasteiger partial charge is 0.430 e. The molecule has 1 heterocycles. The number of hydrogen-bond donors (Lipinski definition) is 0. The molecule has 0 aliphatic heterocycles. The van der Waals surface area contributed by atoms with Crippen LogP contribution in [0.5, 0.6) is 0 Å². The van der Waals surface area contributed by atoms with E-state index in [0.29, 0.717) is 12.2 Å². The van der Waals surface area contributed by atoms with Gasteiger partial charge in [-0.2, -0.15) is 0 Å². The predicted octanol–water partition coefficient (Wildman–Crippen LogP) is 6.72. The SMILES string of the molecule is CCCCc1nc(Cl)c(C=O)n1Cc1ccc([C@@H]2CCCC[C@H]2OC(=O)OC(C)(C)C)cc1. The van der Waals surface area contributed by atoms with Gasteiger partial charge in [-0.3, -0.25) is 4.79 Å². The highest BCUT2D eigenvalue weighted by Gasteiger charge is 2.31. The van der Waals surface area contributed by atoms with Gasteiger partial charge >= 0.3 is 6.16 Å². The van der Waals surface area contributed by atoms with E-state index in [1.54, 1.807) is 0 Å². The second kappa shape index (κ2) is 11.2. The first-order valence-corrected chi connectivity index (χ1v) is 12.3. The number of hydrogen-bond acceptors (Lipinski definition) is 5. The van der Waals surface area contributed by atoms with E-state index in [9.17, 15) is 9.59 Å². The van der Waals surface area contributed by atoms with E-state index in [4.69, 9.17) is 21.1 Å². The fraction of sp³-hybridized carbons (Fsp3) is 0.577. The van der Waals surface area contributed by atoms with Crippen molar-refractivity contribution in [3.05, 3.63) is 52.1 Å². The Morgan fingerprint density at radius 3 is 2.55 bits per heavy atom. The lowest BCUT2D eigenvalue weighted by atomic mass is 9.81. The number of carbonyl (C=O) groups excluding carboxylic acids is 2. The van der Waals surface area contributed by atoms with E-state index in [-0.39, 0.29) is 17.2 Å². The van der Waals surface area contributed by atoms with Crippen LogP contribution >= 0.6 is 11.6 Å². The number of rotatable bonds is 8. The van der Waals surface area contributed by atoms with E-state index in [0.717, 1.165) is 68.2 Å². The summed E-state index contributed by atoms with van der Waals surface area (Å²) in [6, 6.07) is 8.34. The van der Waals surface area contributed by atoms with Crippen LogP contribution in [0.15, 0.2) is 24.3 Å². The van der Waals surface area contributed by atoms with E-state index in [1.165, 1.54) is 0 Å². The van der Waals surface area contributed by atoms with Gasteiger partial charge in [-0.1, -0.05) is 55.6 Å². The molecule has 1 aromatic heterocycles. The van der Waals surface area contributed by atoms with Crippen LogP contribution in [0.4, 0.5) is 4.79 Å². The highest BCUT2D eigenvalue weighted by Crippen LogP contribution is 2.35. The van der Waals surface area contributed by atoms with Crippen molar-refractivity contribution >= 4 is 24.0 Å². The van der Waals surface area contributed by atoms with Gasteiger partial charge in [0, 0.05) is 18.9 Å². The highest BCUT2D eigenvalue weighted by atomic mass is 35.5. The van der Waals surface area contributed by atoms with Crippen LogP contribution in [-0.2, 0) is 22.4 Å². The fourth-order valence-electron chi connectivity index (χ4n) is 4.37. The minimum Gasteiger partial charge on any atom is -0.430 e. The van der Waals surface area contributed by atoms with Gasteiger partial charge in [-0.15, -0.1) is 0 Å². The van der Waals surface area contributed by atoms with Crippen molar-refractivity contribution in [2.45, 2.75) is 96.8 Å². The van der Waals surface area contributed by atoms with Crippen LogP contribution in [0, 0.1) is 0 Å². The first-order chi connectivity index (χ1) is 15.7. The monoisotopic (exact) mass is 474 g/mol. The summed E-state index contributed by atoms with van der Waals surface area (Å²) in [5, 5.41) is 0.261. The van der Waals surface area contributed by atoms with Crippen molar-refractivity contribution in [3.8, 4) is 0 Å². The number of unbranched alkanes of at least 4 members (excludes halogenated alkanes) is 1. The van der Waals surface area contributed by atoms with Gasteiger partial charge in [0.25, 0.3) is 0 Å². The molecule has 1 fully saturated rings. The third kappa shape index (κ3) is 6.83. The third-order valence-electron chi connectivity index (χ3n) is 5.99. The number of nitrogens with zero attached hydrogens (tertiary/aromatic N) is 2. The largest absolute Gasteiger partial charge is 0.509 e. The molecule has 1 aliphatic carbocycles. The van der Waals surface area contributed by atoms with Crippen LogP contribution in [0.3, 0.4) is 0 Å². The zero-order valence-electron chi connectivity index (χ0n) is 20.1. The molecule has 0 N–H and O–H groups in total. The average molecular weight is 475 g/mol. The molecule has 2 atom stereocenters. The summed E-state index contributed by atoms with van der Waals surface area (Å²) in [7, 11) is 0. The Kier molecular flexibility index (Phi) is 8.57. The molecule has 1 aromatic carbocycles. The standard InChI is InChI=1S/C26H35ClN2O4/c1-5-6-11-23-28-24(27)21(17-30)29(23)16-18-12-14-19(15-13-18)20-9-7-8-10-22(20)32-25(31)33-26(2,3)4/h12-15,17,20,22H,5-11,16H2,1-4H3/t20-,22+/m0/s1. The topological polar surface area (TPSA) is 70.4 Å². The van der Waals surface area contributed by atoms with Crippen molar-refractivity contribution in [2.24, 2.45) is 0 Å². The molecule has 0 spiro atoms. The molecule has 0 bridgehead atoms. The molecule has 6 nitrogen and oxygen atoms in total. The minimum absolute atomic E-state index is 0.147. The predicted molar refractivity (Wildman–Crippen MR) is 129 cm³/mol. The lowest BCUT2D eigenvalue weighted by molar-refractivity contribution is -0.0387. The first-order valence-electron chi connectivity index (χ1n) is 11.9. The lowest BCUT2D eigenvalue weighted by Gasteiger charge is -2.32. The lowest BCUT2D eigenvalue weighted by Crippen LogP contribution is -2.32. The third-order valence-corrected chi connectivity index (χ3v) is 6.27. The van der Waals surface area contributed by atoms with Gasteiger partial charge in [0.05, 0.1) is 0 Å².